The molecule has 0 fully saturated rings. The van der Waals surface area contributed by atoms with E-state index in [4.69, 9.17) is 14.2 Å². The van der Waals surface area contributed by atoms with Crippen molar-refractivity contribution in [1.29, 1.82) is 5.26 Å². The van der Waals surface area contributed by atoms with Crippen molar-refractivity contribution in [3.8, 4) is 34.6 Å². The zero-order valence-corrected chi connectivity index (χ0v) is 23.3. The Morgan fingerprint density at radius 3 is 2.00 bits per heavy atom. The Balaban J connectivity index is 1.04. The van der Waals surface area contributed by atoms with Crippen LogP contribution in [0, 0.1) is 11.3 Å². The number of anilines is 1. The van der Waals surface area contributed by atoms with Gasteiger partial charge in [0.05, 0.1) is 25.1 Å². The fraction of sp³-hybridized carbons (Fsp3) is 0.118. The summed E-state index contributed by atoms with van der Waals surface area (Å²) >= 11 is 0. The van der Waals surface area contributed by atoms with Crippen molar-refractivity contribution < 1.29 is 14.2 Å². The molecule has 0 atom stereocenters. The van der Waals surface area contributed by atoms with E-state index in [0.717, 1.165) is 34.8 Å². The van der Waals surface area contributed by atoms with E-state index < -0.39 is 5.56 Å². The third-order valence-electron chi connectivity index (χ3n) is 6.24. The number of nitrogens with zero attached hydrogens (tertiary/aromatic N) is 3. The SMILES string of the molecule is N#Cc1c(-c2ccccc2)nc(NN=Cc2ccc(OCCCOc3ccc(OCc4ccccc4)cc3)cc2)[nH]c1=O. The van der Waals surface area contributed by atoms with Gasteiger partial charge in [0.2, 0.25) is 5.95 Å². The van der Waals surface area contributed by atoms with Crippen LogP contribution in [-0.4, -0.2) is 29.4 Å². The smallest absolute Gasteiger partial charge is 0.270 e. The number of benzene rings is 4. The van der Waals surface area contributed by atoms with Gasteiger partial charge in [-0.05, 0) is 59.7 Å². The Hall–Kier alpha value is -5.88. The summed E-state index contributed by atoms with van der Waals surface area (Å²) in [5, 5.41) is 13.6. The summed E-state index contributed by atoms with van der Waals surface area (Å²) in [4.78, 5) is 19.3. The number of nitrogens with one attached hydrogen (secondary N) is 2. The zero-order valence-electron chi connectivity index (χ0n) is 23.3. The van der Waals surface area contributed by atoms with E-state index in [-0.39, 0.29) is 11.5 Å². The molecule has 0 bridgehead atoms. The second-order valence-electron chi connectivity index (χ2n) is 9.35. The van der Waals surface area contributed by atoms with Gasteiger partial charge in [0, 0.05) is 12.0 Å². The fourth-order valence-corrected chi connectivity index (χ4v) is 4.06. The van der Waals surface area contributed by atoms with Crippen molar-refractivity contribution in [2.45, 2.75) is 13.0 Å². The molecule has 2 N–H and O–H groups in total. The number of aromatic amines is 1. The predicted octanol–water partition coefficient (Wildman–Crippen LogP) is 6.18. The molecule has 0 saturated heterocycles. The second kappa shape index (κ2) is 14.7. The lowest BCUT2D eigenvalue weighted by molar-refractivity contribution is 0.247. The summed E-state index contributed by atoms with van der Waals surface area (Å²) < 4.78 is 17.4. The lowest BCUT2D eigenvalue weighted by atomic mass is 10.1. The lowest BCUT2D eigenvalue weighted by Gasteiger charge is -2.10. The topological polar surface area (TPSA) is 122 Å². The van der Waals surface area contributed by atoms with Crippen molar-refractivity contribution in [3.05, 3.63) is 136 Å². The first kappa shape index (κ1) is 28.6. The molecule has 1 heterocycles. The van der Waals surface area contributed by atoms with E-state index in [1.165, 1.54) is 0 Å². The lowest BCUT2D eigenvalue weighted by Crippen LogP contribution is -2.16. The van der Waals surface area contributed by atoms with E-state index in [1.54, 1.807) is 18.3 Å². The van der Waals surface area contributed by atoms with Crippen LogP contribution in [0.3, 0.4) is 0 Å². The number of nitriles is 1. The van der Waals surface area contributed by atoms with Crippen LogP contribution in [0.5, 0.6) is 17.2 Å². The number of hydrogen-bond donors (Lipinski definition) is 2. The minimum atomic E-state index is -0.539. The number of H-pyrrole nitrogens is 1. The van der Waals surface area contributed by atoms with Crippen LogP contribution in [-0.2, 0) is 6.61 Å². The molecule has 9 nitrogen and oxygen atoms in total. The molecule has 0 spiro atoms. The van der Waals surface area contributed by atoms with Crippen LogP contribution in [0.25, 0.3) is 11.3 Å². The number of aromatic nitrogens is 2. The van der Waals surface area contributed by atoms with Gasteiger partial charge in [0.1, 0.15) is 35.5 Å². The molecule has 1 aromatic heterocycles. The standard InChI is InChI=1S/C34H29N5O4/c35-22-31-32(27-10-5-2-6-11-27)37-34(38-33(31)40)39-36-23-25-12-14-28(15-13-25)41-20-7-21-42-29-16-18-30(19-17-29)43-24-26-8-3-1-4-9-26/h1-6,8-19,23H,7,20-21,24H2,(H2,37,38,39,40). The molecule has 214 valence electrons. The Bertz CT molecular complexity index is 1730. The largest absolute Gasteiger partial charge is 0.493 e. The molecular weight excluding hydrogens is 542 g/mol. The first-order chi connectivity index (χ1) is 21.2. The van der Waals surface area contributed by atoms with Gasteiger partial charge >= 0.3 is 0 Å². The third-order valence-corrected chi connectivity index (χ3v) is 6.24. The minimum absolute atomic E-state index is 0.0539. The maximum Gasteiger partial charge on any atom is 0.270 e. The van der Waals surface area contributed by atoms with E-state index in [2.05, 4.69) is 20.5 Å². The third kappa shape index (κ3) is 8.31. The highest BCUT2D eigenvalue weighted by Gasteiger charge is 2.12. The number of hydrazone groups is 1. The Kier molecular flexibility index (Phi) is 9.77. The fourth-order valence-electron chi connectivity index (χ4n) is 4.06. The molecule has 5 rings (SSSR count). The molecule has 0 radical (unpaired) electrons. The quantitative estimate of drug-likeness (QED) is 0.0983. The zero-order chi connectivity index (χ0) is 29.7. The monoisotopic (exact) mass is 571 g/mol. The molecule has 0 amide bonds. The summed E-state index contributed by atoms with van der Waals surface area (Å²) in [6.07, 6.45) is 2.32. The molecule has 4 aromatic carbocycles. The average Bonchev–Trinajstić information content (AvgIpc) is 3.05. The molecule has 0 saturated carbocycles. The Morgan fingerprint density at radius 2 is 1.37 bits per heavy atom. The number of ether oxygens (including phenoxy) is 3. The molecule has 43 heavy (non-hydrogen) atoms. The molecule has 0 aliphatic rings. The maximum atomic E-state index is 12.4. The van der Waals surface area contributed by atoms with Crippen molar-refractivity contribution in [3.63, 3.8) is 0 Å². The van der Waals surface area contributed by atoms with Crippen LogP contribution in [0.1, 0.15) is 23.1 Å². The molecule has 5 aromatic rings. The molecular formula is C34H29N5O4. The Morgan fingerprint density at radius 1 is 0.791 bits per heavy atom. The van der Waals surface area contributed by atoms with Crippen molar-refractivity contribution in [2.24, 2.45) is 5.10 Å². The minimum Gasteiger partial charge on any atom is -0.493 e. The van der Waals surface area contributed by atoms with Crippen LogP contribution in [0.4, 0.5) is 5.95 Å². The molecule has 0 unspecified atom stereocenters. The first-order valence-corrected chi connectivity index (χ1v) is 13.7. The van der Waals surface area contributed by atoms with Crippen molar-refractivity contribution in [2.75, 3.05) is 18.6 Å². The summed E-state index contributed by atoms with van der Waals surface area (Å²) in [6, 6.07) is 36.0. The predicted molar refractivity (Wildman–Crippen MR) is 165 cm³/mol. The van der Waals surface area contributed by atoms with Gasteiger partial charge in [0.25, 0.3) is 5.56 Å². The van der Waals surface area contributed by atoms with Gasteiger partial charge in [0.15, 0.2) is 0 Å². The van der Waals surface area contributed by atoms with E-state index >= 15 is 0 Å². The second-order valence-corrected chi connectivity index (χ2v) is 9.35. The summed E-state index contributed by atoms with van der Waals surface area (Å²) in [5.41, 5.74) is 5.03. The van der Waals surface area contributed by atoms with Gasteiger partial charge in [-0.15, -0.1) is 0 Å². The highest BCUT2D eigenvalue weighted by atomic mass is 16.5. The highest BCUT2D eigenvalue weighted by molar-refractivity contribution is 5.80. The Labute approximate surface area is 249 Å². The van der Waals surface area contributed by atoms with E-state index in [0.29, 0.717) is 31.1 Å². The first-order valence-electron chi connectivity index (χ1n) is 13.7. The normalized spacial score (nSPS) is 10.7. The van der Waals surface area contributed by atoms with Gasteiger partial charge in [-0.25, -0.2) is 10.4 Å². The number of hydrogen-bond acceptors (Lipinski definition) is 8. The van der Waals surface area contributed by atoms with Crippen LogP contribution in [0.15, 0.2) is 119 Å². The van der Waals surface area contributed by atoms with E-state index in [9.17, 15) is 10.1 Å². The van der Waals surface area contributed by atoms with Crippen LogP contribution >= 0.6 is 0 Å². The maximum absolute atomic E-state index is 12.4. The molecule has 0 aliphatic heterocycles. The molecule has 9 heteroatoms. The van der Waals surface area contributed by atoms with Crippen molar-refractivity contribution >= 4 is 12.2 Å². The van der Waals surface area contributed by atoms with Crippen LogP contribution in [0.2, 0.25) is 0 Å². The van der Waals surface area contributed by atoms with E-state index in [1.807, 2.05) is 103 Å². The number of rotatable bonds is 13. The average molecular weight is 572 g/mol. The summed E-state index contributed by atoms with van der Waals surface area (Å²) in [6.45, 7) is 1.56. The highest BCUT2D eigenvalue weighted by Crippen LogP contribution is 2.20. The van der Waals surface area contributed by atoms with Gasteiger partial charge in [-0.1, -0.05) is 60.7 Å². The van der Waals surface area contributed by atoms with Crippen LogP contribution < -0.4 is 25.2 Å². The van der Waals surface area contributed by atoms with Gasteiger partial charge in [-0.3, -0.25) is 9.78 Å². The molecule has 0 aliphatic carbocycles. The van der Waals surface area contributed by atoms with Gasteiger partial charge < -0.3 is 14.2 Å². The van der Waals surface area contributed by atoms with Gasteiger partial charge in [-0.2, -0.15) is 10.4 Å². The van der Waals surface area contributed by atoms with Crippen molar-refractivity contribution in [1.82, 2.24) is 9.97 Å². The summed E-state index contributed by atoms with van der Waals surface area (Å²) in [7, 11) is 0. The summed E-state index contributed by atoms with van der Waals surface area (Å²) in [5.74, 6) is 2.44.